The van der Waals surface area contributed by atoms with E-state index in [1.165, 1.54) is 12.8 Å². The first kappa shape index (κ1) is 16.0. The number of nitrogens with zero attached hydrogens (tertiary/aromatic N) is 3. The van der Waals surface area contributed by atoms with Crippen LogP contribution in [0.4, 0.5) is 0 Å². The Hall–Kier alpha value is -1.36. The Labute approximate surface area is 127 Å². The molecular formula is C16H28N4O. The van der Waals surface area contributed by atoms with Gasteiger partial charge in [-0.3, -0.25) is 9.48 Å². The number of carbonyl (C=O) groups excluding carboxylic acids is 1. The van der Waals surface area contributed by atoms with Crippen LogP contribution in [-0.4, -0.2) is 46.3 Å². The van der Waals surface area contributed by atoms with Crippen molar-refractivity contribution < 1.29 is 4.79 Å². The molecule has 0 spiro atoms. The Kier molecular flexibility index (Phi) is 5.04. The molecule has 0 bridgehead atoms. The summed E-state index contributed by atoms with van der Waals surface area (Å²) in [6, 6.07) is 0.207. The van der Waals surface area contributed by atoms with Crippen molar-refractivity contribution in [2.45, 2.75) is 46.6 Å². The lowest BCUT2D eigenvalue weighted by Crippen LogP contribution is -2.44. The van der Waals surface area contributed by atoms with E-state index in [9.17, 15) is 4.79 Å². The summed E-state index contributed by atoms with van der Waals surface area (Å²) in [5, 5.41) is 7.81. The molecule has 1 aromatic heterocycles. The van der Waals surface area contributed by atoms with Gasteiger partial charge in [-0.2, -0.15) is 5.10 Å². The number of amides is 1. The van der Waals surface area contributed by atoms with Gasteiger partial charge >= 0.3 is 0 Å². The monoisotopic (exact) mass is 292 g/mol. The Balaban J connectivity index is 2.19. The zero-order valence-electron chi connectivity index (χ0n) is 13.9. The maximum absolute atomic E-state index is 13.0. The third-order valence-electron chi connectivity index (χ3n) is 4.46. The van der Waals surface area contributed by atoms with Crippen molar-refractivity contribution in [3.63, 3.8) is 0 Å². The summed E-state index contributed by atoms with van der Waals surface area (Å²) < 4.78 is 1.79. The lowest BCUT2D eigenvalue weighted by Gasteiger charge is -2.33. The van der Waals surface area contributed by atoms with Crippen molar-refractivity contribution in [2.75, 3.05) is 19.6 Å². The van der Waals surface area contributed by atoms with Crippen LogP contribution in [0.1, 0.15) is 48.4 Å². The van der Waals surface area contributed by atoms with Gasteiger partial charge in [-0.05, 0) is 59.5 Å². The minimum Gasteiger partial charge on any atom is -0.336 e. The third kappa shape index (κ3) is 3.46. The lowest BCUT2D eigenvalue weighted by atomic mass is 9.98. The van der Waals surface area contributed by atoms with Crippen molar-refractivity contribution in [3.8, 4) is 0 Å². The predicted molar refractivity (Wildman–Crippen MR) is 84.4 cm³/mol. The van der Waals surface area contributed by atoms with Gasteiger partial charge in [0.25, 0.3) is 5.91 Å². The van der Waals surface area contributed by atoms with Crippen LogP contribution in [0.15, 0.2) is 0 Å². The Morgan fingerprint density at radius 1 is 1.48 bits per heavy atom. The topological polar surface area (TPSA) is 50.2 Å². The molecule has 0 radical (unpaired) electrons. The maximum atomic E-state index is 13.0. The highest BCUT2D eigenvalue weighted by molar-refractivity contribution is 5.96. The summed E-state index contributed by atoms with van der Waals surface area (Å²) in [5.41, 5.74) is 2.55. The number of nitrogens with one attached hydrogen (secondary N) is 1. The maximum Gasteiger partial charge on any atom is 0.257 e. The van der Waals surface area contributed by atoms with E-state index in [4.69, 9.17) is 0 Å². The summed E-state index contributed by atoms with van der Waals surface area (Å²) in [6.07, 6.45) is 2.41. The van der Waals surface area contributed by atoms with E-state index in [1.54, 1.807) is 4.68 Å². The first-order valence-electron chi connectivity index (χ1n) is 7.93. The van der Waals surface area contributed by atoms with Crippen LogP contribution in [-0.2, 0) is 7.05 Å². The van der Waals surface area contributed by atoms with Crippen LogP contribution in [0.5, 0.6) is 0 Å². The molecule has 1 atom stereocenters. The van der Waals surface area contributed by atoms with Crippen LogP contribution >= 0.6 is 0 Å². The largest absolute Gasteiger partial charge is 0.336 e. The molecule has 1 aromatic rings. The molecule has 1 amide bonds. The number of rotatable bonds is 4. The zero-order chi connectivity index (χ0) is 15.6. The second-order valence-electron chi connectivity index (χ2n) is 6.43. The highest BCUT2D eigenvalue weighted by Crippen LogP contribution is 2.19. The number of aromatic nitrogens is 2. The molecule has 0 aliphatic carbocycles. The van der Waals surface area contributed by atoms with E-state index in [0.717, 1.165) is 36.6 Å². The van der Waals surface area contributed by atoms with Crippen LogP contribution in [0.3, 0.4) is 0 Å². The van der Waals surface area contributed by atoms with Crippen molar-refractivity contribution >= 4 is 5.91 Å². The summed E-state index contributed by atoms with van der Waals surface area (Å²) >= 11 is 0. The average molecular weight is 292 g/mol. The molecule has 5 nitrogen and oxygen atoms in total. The van der Waals surface area contributed by atoms with E-state index in [0.29, 0.717) is 5.92 Å². The quantitative estimate of drug-likeness (QED) is 0.922. The molecule has 2 heterocycles. The third-order valence-corrected chi connectivity index (χ3v) is 4.46. The van der Waals surface area contributed by atoms with Gasteiger partial charge in [-0.25, -0.2) is 0 Å². The Morgan fingerprint density at radius 2 is 2.19 bits per heavy atom. The molecule has 1 unspecified atom stereocenters. The number of carbonyl (C=O) groups is 1. The van der Waals surface area contributed by atoms with Crippen molar-refractivity contribution in [2.24, 2.45) is 13.0 Å². The molecule has 5 heteroatoms. The molecule has 1 aliphatic heterocycles. The fourth-order valence-corrected chi connectivity index (χ4v) is 3.11. The van der Waals surface area contributed by atoms with E-state index in [2.05, 4.69) is 24.3 Å². The van der Waals surface area contributed by atoms with Crippen LogP contribution < -0.4 is 5.32 Å². The van der Waals surface area contributed by atoms with Crippen LogP contribution in [0.25, 0.3) is 0 Å². The van der Waals surface area contributed by atoms with Gasteiger partial charge in [-0.1, -0.05) is 0 Å². The normalized spacial score (nSPS) is 19.0. The molecule has 1 aliphatic rings. The molecule has 21 heavy (non-hydrogen) atoms. The minimum absolute atomic E-state index is 0.124. The van der Waals surface area contributed by atoms with Gasteiger partial charge in [0.15, 0.2) is 0 Å². The van der Waals surface area contributed by atoms with E-state index in [1.807, 2.05) is 25.8 Å². The summed E-state index contributed by atoms with van der Waals surface area (Å²) in [4.78, 5) is 15.0. The van der Waals surface area contributed by atoms with Gasteiger partial charge in [0.05, 0.1) is 11.3 Å². The molecule has 1 fully saturated rings. The number of hydrogen-bond donors (Lipinski definition) is 1. The van der Waals surface area contributed by atoms with Crippen molar-refractivity contribution in [1.82, 2.24) is 20.0 Å². The Bertz CT molecular complexity index is 501. The number of aryl methyl sites for hydroxylation is 2. The molecule has 0 saturated carbocycles. The van der Waals surface area contributed by atoms with Crippen LogP contribution in [0, 0.1) is 19.8 Å². The highest BCUT2D eigenvalue weighted by Gasteiger charge is 2.27. The molecule has 0 aromatic carbocycles. The zero-order valence-corrected chi connectivity index (χ0v) is 13.9. The average Bonchev–Trinajstić information content (AvgIpc) is 2.70. The summed E-state index contributed by atoms with van der Waals surface area (Å²) in [6.45, 7) is 11.0. The molecule has 1 saturated heterocycles. The van der Waals surface area contributed by atoms with E-state index >= 15 is 0 Å². The first-order chi connectivity index (χ1) is 9.91. The van der Waals surface area contributed by atoms with Gasteiger partial charge in [0, 0.05) is 25.3 Å². The fraction of sp³-hybridized carbons (Fsp3) is 0.750. The van der Waals surface area contributed by atoms with Gasteiger partial charge in [-0.15, -0.1) is 0 Å². The van der Waals surface area contributed by atoms with Gasteiger partial charge in [0.2, 0.25) is 0 Å². The van der Waals surface area contributed by atoms with Gasteiger partial charge < -0.3 is 10.2 Å². The fourth-order valence-electron chi connectivity index (χ4n) is 3.11. The van der Waals surface area contributed by atoms with Gasteiger partial charge in [0.1, 0.15) is 0 Å². The SMILES string of the molecule is Cc1nn(C)c(C)c1C(=O)N(CC1CCCNC1)C(C)C. The second kappa shape index (κ2) is 6.60. The smallest absolute Gasteiger partial charge is 0.257 e. The Morgan fingerprint density at radius 3 is 2.67 bits per heavy atom. The summed E-state index contributed by atoms with van der Waals surface area (Å²) in [7, 11) is 1.89. The standard InChI is InChI=1S/C16H28N4O/c1-11(2)20(10-14-7-6-8-17-9-14)16(21)15-12(3)18-19(5)13(15)4/h11,14,17H,6-10H2,1-5H3. The number of piperidine rings is 1. The first-order valence-corrected chi connectivity index (χ1v) is 7.93. The molecular weight excluding hydrogens is 264 g/mol. The minimum atomic E-state index is 0.124. The molecule has 118 valence electrons. The second-order valence-corrected chi connectivity index (χ2v) is 6.43. The lowest BCUT2D eigenvalue weighted by molar-refractivity contribution is 0.0659. The van der Waals surface area contributed by atoms with Crippen molar-refractivity contribution in [3.05, 3.63) is 17.0 Å². The number of hydrogen-bond acceptors (Lipinski definition) is 3. The molecule has 2 rings (SSSR count). The molecule has 1 N–H and O–H groups in total. The van der Waals surface area contributed by atoms with E-state index in [-0.39, 0.29) is 11.9 Å². The van der Waals surface area contributed by atoms with Crippen molar-refractivity contribution in [1.29, 1.82) is 0 Å². The highest BCUT2D eigenvalue weighted by atomic mass is 16.2. The predicted octanol–water partition coefficient (Wildman–Crippen LogP) is 1.89. The van der Waals surface area contributed by atoms with E-state index < -0.39 is 0 Å². The van der Waals surface area contributed by atoms with Crippen LogP contribution in [0.2, 0.25) is 0 Å². The summed E-state index contributed by atoms with van der Waals surface area (Å²) in [5.74, 6) is 0.682.